The Bertz CT molecular complexity index is 30.5. The number of rotatable bonds is 2. The predicted octanol–water partition coefficient (Wildman–Crippen LogP) is 0.385. The molecule has 0 saturated carbocycles. The van der Waals surface area contributed by atoms with Crippen LogP contribution in [0.25, 0.3) is 0 Å². The molecule has 0 atom stereocenters. The minimum absolute atomic E-state index is 0. The van der Waals surface area contributed by atoms with Gasteiger partial charge in [0, 0.05) is 14.2 Å². The molecule has 0 N–H and O–H groups in total. The van der Waals surface area contributed by atoms with Crippen molar-refractivity contribution in [1.82, 2.24) is 0 Å². The third-order valence-corrected chi connectivity index (χ3v) is 0.707. The Balaban J connectivity index is -0.0000000286. The maximum atomic E-state index is 4.61. The van der Waals surface area contributed by atoms with Gasteiger partial charge in [0.2, 0.25) is 0 Å². The van der Waals surface area contributed by atoms with E-state index in [2.05, 4.69) is 22.0 Å². The number of halogens is 2. The van der Waals surface area contributed by atoms with E-state index in [1.807, 2.05) is 0 Å². The normalized spacial score (nSPS) is 5.11. The summed E-state index contributed by atoms with van der Waals surface area (Å²) in [5.41, 5.74) is 0. The van der Waals surface area contributed by atoms with E-state index in [1.54, 1.807) is 14.2 Å². The molecule has 0 unspecified atom stereocenters. The molecule has 0 bridgehead atoms. The number of hydrogen-bond donors (Lipinski definition) is 0. The Morgan fingerprint density at radius 3 is 1.22 bits per heavy atom. The number of hydrogen-bond acceptors (Lipinski definition) is 2. The third kappa shape index (κ3) is 84.4. The lowest BCUT2D eigenvalue weighted by Gasteiger charge is -1.86. The molecule has 0 fully saturated rings. The average molecular weight is 160 g/mol. The predicted molar refractivity (Wildman–Crippen MR) is 38.8 cm³/mol. The zero-order valence-electron chi connectivity index (χ0n) is 5.75. The van der Waals surface area contributed by atoms with Gasteiger partial charge in [-0.3, -0.25) is 9.41 Å². The molecule has 0 aromatic heterocycles. The van der Waals surface area contributed by atoms with E-state index in [-0.39, 0.29) is 9.41 Å². The van der Waals surface area contributed by atoms with Crippen LogP contribution in [0.4, 0.5) is 9.41 Å². The van der Waals surface area contributed by atoms with Gasteiger partial charge >= 0.3 is 10.0 Å². The summed E-state index contributed by atoms with van der Waals surface area (Å²) < 4.78 is 9.22. The van der Waals surface area contributed by atoms with Crippen molar-refractivity contribution in [2.24, 2.45) is 0 Å². The highest BCUT2D eigenvalue weighted by molar-refractivity contribution is 6.17. The van der Waals surface area contributed by atoms with Crippen LogP contribution in [0.5, 0.6) is 0 Å². The SMILES string of the molecule is C=C.CO[SiH2]OC.F.F. The van der Waals surface area contributed by atoms with Gasteiger partial charge in [0.25, 0.3) is 0 Å². The van der Waals surface area contributed by atoms with Crippen LogP contribution in [-0.2, 0) is 8.85 Å². The summed E-state index contributed by atoms with van der Waals surface area (Å²) in [6.45, 7) is 6.00. The van der Waals surface area contributed by atoms with E-state index >= 15 is 0 Å². The molecule has 0 aliphatic heterocycles. The summed E-state index contributed by atoms with van der Waals surface area (Å²) >= 11 is 0. The first-order chi connectivity index (χ1) is 3.41. The van der Waals surface area contributed by atoms with Crippen LogP contribution < -0.4 is 0 Å². The van der Waals surface area contributed by atoms with Crippen molar-refractivity contribution in [3.05, 3.63) is 13.2 Å². The quantitative estimate of drug-likeness (QED) is 0.429. The Labute approximate surface area is 56.7 Å². The standard InChI is InChI=1S/C2H8O2Si.C2H4.2FH/c1-3-5-4-2;1-2;;/h5H2,1-2H3;1-2H2;2*1H. The first-order valence-corrected chi connectivity index (χ1v) is 3.05. The van der Waals surface area contributed by atoms with Crippen LogP contribution in [0.2, 0.25) is 0 Å². The second-order valence-electron chi connectivity index (χ2n) is 0.695. The molecule has 0 radical (unpaired) electrons. The molecule has 60 valence electrons. The van der Waals surface area contributed by atoms with Gasteiger partial charge in [0.05, 0.1) is 0 Å². The van der Waals surface area contributed by atoms with Crippen molar-refractivity contribution in [1.29, 1.82) is 0 Å². The van der Waals surface area contributed by atoms with Crippen LogP contribution in [0.3, 0.4) is 0 Å². The Kier molecular flexibility index (Phi) is 121. The molecule has 0 saturated heterocycles. The summed E-state index contributed by atoms with van der Waals surface area (Å²) in [6.07, 6.45) is 0. The molecular formula is C4H14F2O2Si. The molecule has 9 heavy (non-hydrogen) atoms. The highest BCUT2D eigenvalue weighted by Gasteiger charge is 1.67. The van der Waals surface area contributed by atoms with Gasteiger partial charge in [-0.15, -0.1) is 13.2 Å². The average Bonchev–Trinajstić information content (AvgIpc) is 1.75. The summed E-state index contributed by atoms with van der Waals surface area (Å²) in [5.74, 6) is 0. The molecule has 0 rings (SSSR count). The van der Waals surface area contributed by atoms with E-state index in [1.165, 1.54) is 0 Å². The van der Waals surface area contributed by atoms with Gasteiger partial charge in [0.1, 0.15) is 0 Å². The van der Waals surface area contributed by atoms with Gasteiger partial charge in [0.15, 0.2) is 0 Å². The highest BCUT2D eigenvalue weighted by Crippen LogP contribution is 1.55. The maximum absolute atomic E-state index is 4.61. The van der Waals surface area contributed by atoms with Crippen molar-refractivity contribution in [3.8, 4) is 0 Å². The second kappa shape index (κ2) is 46.9. The first kappa shape index (κ1) is 23.3. The van der Waals surface area contributed by atoms with E-state index in [9.17, 15) is 0 Å². The van der Waals surface area contributed by atoms with Crippen LogP contribution in [0.15, 0.2) is 13.2 Å². The summed E-state index contributed by atoms with van der Waals surface area (Å²) in [5, 5.41) is 0. The zero-order chi connectivity index (χ0) is 6.12. The molecule has 0 aliphatic rings. The summed E-state index contributed by atoms with van der Waals surface area (Å²) in [7, 11) is 2.73. The smallest absolute Gasteiger partial charge is 0.303 e. The molecule has 0 amide bonds. The van der Waals surface area contributed by atoms with Gasteiger partial charge in [-0.05, 0) is 0 Å². The van der Waals surface area contributed by atoms with Crippen molar-refractivity contribution in [2.75, 3.05) is 14.2 Å². The molecule has 0 spiro atoms. The van der Waals surface area contributed by atoms with Gasteiger partial charge in [-0.2, -0.15) is 0 Å². The third-order valence-electron chi connectivity index (χ3n) is 0.236. The van der Waals surface area contributed by atoms with Gasteiger partial charge < -0.3 is 8.85 Å². The lowest BCUT2D eigenvalue weighted by molar-refractivity contribution is 0.309. The van der Waals surface area contributed by atoms with Crippen LogP contribution in [0.1, 0.15) is 0 Å². The second-order valence-corrected chi connectivity index (χ2v) is 2.09. The van der Waals surface area contributed by atoms with Crippen molar-refractivity contribution >= 4 is 10.0 Å². The van der Waals surface area contributed by atoms with E-state index in [0.29, 0.717) is 0 Å². The van der Waals surface area contributed by atoms with Crippen LogP contribution in [-0.4, -0.2) is 24.2 Å². The molecule has 0 aromatic rings. The van der Waals surface area contributed by atoms with E-state index in [0.717, 1.165) is 0 Å². The van der Waals surface area contributed by atoms with Crippen molar-refractivity contribution in [2.45, 2.75) is 0 Å². The molecule has 0 aliphatic carbocycles. The topological polar surface area (TPSA) is 18.5 Å². The van der Waals surface area contributed by atoms with E-state index < -0.39 is 10.0 Å². The Morgan fingerprint density at radius 2 is 1.22 bits per heavy atom. The van der Waals surface area contributed by atoms with Gasteiger partial charge in [-0.25, -0.2) is 0 Å². The minimum atomic E-state index is -0.568. The fourth-order valence-electron chi connectivity index (χ4n) is 0.118. The van der Waals surface area contributed by atoms with Crippen LogP contribution in [0, 0.1) is 0 Å². The molecule has 2 nitrogen and oxygen atoms in total. The van der Waals surface area contributed by atoms with Crippen molar-refractivity contribution < 1.29 is 18.3 Å². The zero-order valence-corrected chi connectivity index (χ0v) is 7.17. The van der Waals surface area contributed by atoms with Crippen molar-refractivity contribution in [3.63, 3.8) is 0 Å². The fraction of sp³-hybridized carbons (Fsp3) is 0.500. The molecule has 0 heterocycles. The minimum Gasteiger partial charge on any atom is -0.402 e. The first-order valence-electron chi connectivity index (χ1n) is 1.89. The van der Waals surface area contributed by atoms with E-state index in [4.69, 9.17) is 0 Å². The summed E-state index contributed by atoms with van der Waals surface area (Å²) in [4.78, 5) is 0. The lowest BCUT2D eigenvalue weighted by atomic mass is 11.3. The summed E-state index contributed by atoms with van der Waals surface area (Å²) in [6, 6.07) is 0. The largest absolute Gasteiger partial charge is 0.402 e. The maximum Gasteiger partial charge on any atom is 0.303 e. The van der Waals surface area contributed by atoms with Crippen LogP contribution >= 0.6 is 0 Å². The fourth-order valence-corrected chi connectivity index (χ4v) is 0.354. The molecule has 0 aromatic carbocycles. The highest BCUT2D eigenvalue weighted by atomic mass is 28.3. The monoisotopic (exact) mass is 160 g/mol. The Morgan fingerprint density at radius 1 is 1.00 bits per heavy atom. The van der Waals surface area contributed by atoms with Gasteiger partial charge in [-0.1, -0.05) is 0 Å². The molecule has 5 heteroatoms. The molecular weight excluding hydrogens is 146 g/mol. The Hall–Kier alpha value is -0.263. The lowest BCUT2D eigenvalue weighted by Crippen LogP contribution is -1.93.